The van der Waals surface area contributed by atoms with Crippen LogP contribution in [-0.4, -0.2) is 27.8 Å². The number of amidine groups is 1. The summed E-state index contributed by atoms with van der Waals surface area (Å²) >= 11 is 0. The van der Waals surface area contributed by atoms with E-state index in [1.807, 2.05) is 31.2 Å². The van der Waals surface area contributed by atoms with E-state index in [4.69, 9.17) is 0 Å². The number of aldehydes is 1. The third-order valence-electron chi connectivity index (χ3n) is 2.75. The van der Waals surface area contributed by atoms with Crippen LogP contribution in [0.3, 0.4) is 0 Å². The van der Waals surface area contributed by atoms with Gasteiger partial charge in [0, 0.05) is 17.5 Å². The Morgan fingerprint density at radius 2 is 2.16 bits per heavy atom. The molecule has 0 unspecified atom stereocenters. The fraction of sp³-hybridized carbons (Fsp3) is 0.154. The molecule has 0 amide bonds. The molecule has 2 heterocycles. The van der Waals surface area contributed by atoms with Crippen molar-refractivity contribution >= 4 is 34.6 Å². The summed E-state index contributed by atoms with van der Waals surface area (Å²) in [4.78, 5) is 23.6. The van der Waals surface area contributed by atoms with Gasteiger partial charge in [-0.1, -0.05) is 12.1 Å². The van der Waals surface area contributed by atoms with Crippen molar-refractivity contribution in [2.45, 2.75) is 13.3 Å². The molecule has 0 bridgehead atoms. The number of hydrogen-bond donors (Lipinski definition) is 1. The molecule has 1 aliphatic heterocycles. The van der Waals surface area contributed by atoms with Crippen LogP contribution in [0.1, 0.15) is 24.0 Å². The van der Waals surface area contributed by atoms with Crippen molar-refractivity contribution in [2.24, 2.45) is 10.1 Å². The molecule has 19 heavy (non-hydrogen) atoms. The first-order valence-electron chi connectivity index (χ1n) is 5.85. The first-order valence-corrected chi connectivity index (χ1v) is 5.85. The minimum absolute atomic E-state index is 0.133. The lowest BCUT2D eigenvalue weighted by atomic mass is 10.2. The SMILES string of the molecule is CC1=NNC(=Nc2nc(C=O)nc3ccccc23)C1. The zero-order valence-electron chi connectivity index (χ0n) is 10.3. The third kappa shape index (κ3) is 2.20. The smallest absolute Gasteiger partial charge is 0.195 e. The summed E-state index contributed by atoms with van der Waals surface area (Å²) in [5.41, 5.74) is 4.52. The van der Waals surface area contributed by atoms with E-state index in [0.717, 1.165) is 16.9 Å². The van der Waals surface area contributed by atoms with Crippen molar-refractivity contribution in [3.63, 3.8) is 0 Å². The lowest BCUT2D eigenvalue weighted by Crippen LogP contribution is -2.10. The molecule has 1 aromatic carbocycles. The van der Waals surface area contributed by atoms with Crippen molar-refractivity contribution in [2.75, 3.05) is 0 Å². The molecule has 0 saturated carbocycles. The lowest BCUT2D eigenvalue weighted by molar-refractivity contribution is 0.111. The largest absolute Gasteiger partial charge is 0.294 e. The van der Waals surface area contributed by atoms with Crippen LogP contribution in [0.25, 0.3) is 10.9 Å². The molecule has 0 saturated heterocycles. The number of carbonyl (C=O) groups excluding carboxylic acids is 1. The standard InChI is InChI=1S/C13H11N5O/c1-8-6-11(18-17-8)15-13-9-4-2-3-5-10(9)14-12(7-19)16-13/h2-5,7H,6H2,1H3,(H,14,15,16,18). The average Bonchev–Trinajstić information content (AvgIpc) is 2.84. The van der Waals surface area contributed by atoms with Gasteiger partial charge in [0.1, 0.15) is 5.84 Å². The summed E-state index contributed by atoms with van der Waals surface area (Å²) < 4.78 is 0. The molecule has 3 rings (SSSR count). The molecule has 2 aromatic rings. The highest BCUT2D eigenvalue weighted by Crippen LogP contribution is 2.23. The minimum Gasteiger partial charge on any atom is -0.294 e. The molecule has 6 nitrogen and oxygen atoms in total. The number of nitrogens with zero attached hydrogens (tertiary/aromatic N) is 4. The molecule has 1 N–H and O–H groups in total. The zero-order chi connectivity index (χ0) is 13.2. The summed E-state index contributed by atoms with van der Waals surface area (Å²) in [6.45, 7) is 1.92. The number of aromatic nitrogens is 2. The molecule has 1 aromatic heterocycles. The predicted octanol–water partition coefficient (Wildman–Crippen LogP) is 1.84. The Bertz CT molecular complexity index is 720. The number of benzene rings is 1. The molecule has 0 fully saturated rings. The van der Waals surface area contributed by atoms with Crippen LogP contribution >= 0.6 is 0 Å². The van der Waals surface area contributed by atoms with E-state index in [1.165, 1.54) is 0 Å². The number of hydrazone groups is 1. The minimum atomic E-state index is 0.133. The number of para-hydroxylation sites is 1. The third-order valence-corrected chi connectivity index (χ3v) is 2.75. The Labute approximate surface area is 109 Å². The van der Waals surface area contributed by atoms with Crippen molar-refractivity contribution < 1.29 is 4.79 Å². The Morgan fingerprint density at radius 1 is 1.32 bits per heavy atom. The van der Waals surface area contributed by atoms with Gasteiger partial charge in [0.15, 0.2) is 17.9 Å². The van der Waals surface area contributed by atoms with Gasteiger partial charge in [0.25, 0.3) is 0 Å². The van der Waals surface area contributed by atoms with E-state index in [2.05, 4.69) is 25.5 Å². The van der Waals surface area contributed by atoms with E-state index in [-0.39, 0.29) is 5.82 Å². The maximum atomic E-state index is 10.9. The average molecular weight is 253 g/mol. The van der Waals surface area contributed by atoms with Crippen molar-refractivity contribution in [3.8, 4) is 0 Å². The monoisotopic (exact) mass is 253 g/mol. The summed E-state index contributed by atoms with van der Waals surface area (Å²) in [6, 6.07) is 7.46. The van der Waals surface area contributed by atoms with Crippen LogP contribution in [0.4, 0.5) is 5.82 Å². The van der Waals surface area contributed by atoms with Crippen molar-refractivity contribution in [1.29, 1.82) is 0 Å². The summed E-state index contributed by atoms with van der Waals surface area (Å²) in [5.74, 6) is 1.34. The van der Waals surface area contributed by atoms with Crippen LogP contribution in [0.15, 0.2) is 34.4 Å². The van der Waals surface area contributed by atoms with Gasteiger partial charge >= 0.3 is 0 Å². The van der Waals surface area contributed by atoms with Crippen molar-refractivity contribution in [1.82, 2.24) is 15.4 Å². The van der Waals surface area contributed by atoms with Crippen LogP contribution in [0, 0.1) is 0 Å². The fourth-order valence-corrected chi connectivity index (χ4v) is 1.89. The van der Waals surface area contributed by atoms with E-state index in [9.17, 15) is 4.79 Å². The van der Waals surface area contributed by atoms with E-state index in [1.54, 1.807) is 0 Å². The van der Waals surface area contributed by atoms with Crippen molar-refractivity contribution in [3.05, 3.63) is 30.1 Å². The molecule has 1 aliphatic rings. The van der Waals surface area contributed by atoms with Gasteiger partial charge in [-0.15, -0.1) is 0 Å². The van der Waals surface area contributed by atoms with Gasteiger partial charge in [-0.25, -0.2) is 15.0 Å². The maximum absolute atomic E-state index is 10.9. The fourth-order valence-electron chi connectivity index (χ4n) is 1.89. The highest BCUT2D eigenvalue weighted by Gasteiger charge is 2.11. The van der Waals surface area contributed by atoms with E-state index < -0.39 is 0 Å². The maximum Gasteiger partial charge on any atom is 0.195 e. The Balaban J connectivity index is 2.14. The van der Waals surface area contributed by atoms with Crippen LogP contribution < -0.4 is 5.43 Å². The van der Waals surface area contributed by atoms with E-state index in [0.29, 0.717) is 24.0 Å². The van der Waals surface area contributed by atoms with Gasteiger partial charge in [-0.2, -0.15) is 5.10 Å². The normalized spacial score (nSPS) is 16.5. The molecule has 94 valence electrons. The van der Waals surface area contributed by atoms with Gasteiger partial charge in [-0.05, 0) is 19.1 Å². The van der Waals surface area contributed by atoms with Crippen LogP contribution in [0.2, 0.25) is 0 Å². The second-order valence-electron chi connectivity index (χ2n) is 4.23. The number of nitrogens with one attached hydrogen (secondary N) is 1. The van der Waals surface area contributed by atoms with E-state index >= 15 is 0 Å². The second kappa shape index (κ2) is 4.56. The number of carbonyl (C=O) groups is 1. The summed E-state index contributed by atoms with van der Waals surface area (Å²) in [6.07, 6.45) is 1.29. The van der Waals surface area contributed by atoms with Gasteiger partial charge in [0.05, 0.1) is 5.52 Å². The number of aliphatic imine (C=N–C) groups is 1. The Morgan fingerprint density at radius 3 is 2.89 bits per heavy atom. The van der Waals surface area contributed by atoms with Gasteiger partial charge in [-0.3, -0.25) is 10.2 Å². The number of fused-ring (bicyclic) bond motifs is 1. The Kier molecular flexibility index (Phi) is 2.75. The highest BCUT2D eigenvalue weighted by molar-refractivity contribution is 6.07. The second-order valence-corrected chi connectivity index (χ2v) is 4.23. The highest BCUT2D eigenvalue weighted by atomic mass is 16.1. The molecular weight excluding hydrogens is 242 g/mol. The summed E-state index contributed by atoms with van der Waals surface area (Å²) in [5, 5.41) is 4.87. The molecular formula is C13H11N5O. The molecule has 0 spiro atoms. The summed E-state index contributed by atoms with van der Waals surface area (Å²) in [7, 11) is 0. The quantitative estimate of drug-likeness (QED) is 0.828. The number of hydrogen-bond acceptors (Lipinski definition) is 5. The number of rotatable bonds is 2. The van der Waals surface area contributed by atoms with Gasteiger partial charge in [0.2, 0.25) is 0 Å². The van der Waals surface area contributed by atoms with Crippen LogP contribution in [0.5, 0.6) is 0 Å². The topological polar surface area (TPSA) is 79.6 Å². The molecule has 0 radical (unpaired) electrons. The molecule has 0 aliphatic carbocycles. The first-order chi connectivity index (χ1) is 9.26. The molecule has 6 heteroatoms. The predicted molar refractivity (Wildman–Crippen MR) is 72.9 cm³/mol. The van der Waals surface area contributed by atoms with Crippen LogP contribution in [-0.2, 0) is 0 Å². The van der Waals surface area contributed by atoms with Gasteiger partial charge < -0.3 is 0 Å². The zero-order valence-corrected chi connectivity index (χ0v) is 10.3. The first kappa shape index (κ1) is 11.5. The molecule has 0 atom stereocenters. The lowest BCUT2D eigenvalue weighted by Gasteiger charge is -2.03. The Hall–Kier alpha value is -2.63.